The topological polar surface area (TPSA) is 74.0 Å². The van der Waals surface area contributed by atoms with Crippen molar-refractivity contribution in [3.63, 3.8) is 0 Å². The van der Waals surface area contributed by atoms with Crippen LogP contribution in [0.4, 0.5) is 22.1 Å². The summed E-state index contributed by atoms with van der Waals surface area (Å²) in [6.07, 6.45) is 0.339. The Kier molecular flexibility index (Phi) is 10.5. The first-order valence-electron chi connectivity index (χ1n) is 9.81. The third-order valence-electron chi connectivity index (χ3n) is 4.37. The van der Waals surface area contributed by atoms with Crippen molar-refractivity contribution in [1.82, 2.24) is 9.97 Å². The Morgan fingerprint density at radius 3 is 1.94 bits per heavy atom. The quantitative estimate of drug-likeness (QED) is 0.189. The first-order valence-corrected chi connectivity index (χ1v) is 11.8. The summed E-state index contributed by atoms with van der Waals surface area (Å²) in [5, 5.41) is 0. The molecule has 0 saturated carbocycles. The Bertz CT molecular complexity index is 1260. The zero-order chi connectivity index (χ0) is 25.9. The van der Waals surface area contributed by atoms with Crippen LogP contribution in [-0.4, -0.2) is 18.4 Å². The summed E-state index contributed by atoms with van der Waals surface area (Å²) in [5.41, 5.74) is 0.0645. The molecule has 4 aromatic rings. The van der Waals surface area contributed by atoms with E-state index in [0.717, 1.165) is 17.7 Å². The van der Waals surface area contributed by atoms with Gasteiger partial charge in [0.25, 0.3) is 0 Å². The van der Waals surface area contributed by atoms with Crippen LogP contribution in [0.1, 0.15) is 11.1 Å². The molecule has 0 aliphatic heterocycles. The van der Waals surface area contributed by atoms with Gasteiger partial charge in [-0.2, -0.15) is 13.2 Å². The van der Waals surface area contributed by atoms with Gasteiger partial charge in [0.1, 0.15) is 10.0 Å². The molecule has 0 unspecified atom stereocenters. The SMILES string of the molecule is Cc1ccc(S(=O)(=O)[N-]c2cc(C(F)(F)F)ccc2-c2ccccn2)cc1.[F][Pd+].c1ccncc1. The van der Waals surface area contributed by atoms with Crippen molar-refractivity contribution >= 4 is 15.7 Å². The molecule has 0 spiro atoms. The van der Waals surface area contributed by atoms with Crippen LogP contribution in [0.25, 0.3) is 16.0 Å². The van der Waals surface area contributed by atoms with Gasteiger partial charge >= 0.3 is 29.1 Å². The van der Waals surface area contributed by atoms with Crippen LogP contribution >= 0.6 is 0 Å². The second-order valence-electron chi connectivity index (χ2n) is 6.85. The molecule has 0 bridgehead atoms. The monoisotopic (exact) mass is 595 g/mol. The summed E-state index contributed by atoms with van der Waals surface area (Å²) in [6.45, 7) is 1.79. The van der Waals surface area contributed by atoms with E-state index < -0.39 is 21.8 Å². The molecule has 0 radical (unpaired) electrons. The van der Waals surface area contributed by atoms with Crippen LogP contribution in [0.3, 0.4) is 0 Å². The molecule has 5 nitrogen and oxygen atoms in total. The number of halogens is 4. The average Bonchev–Trinajstić information content (AvgIpc) is 2.87. The Morgan fingerprint density at radius 1 is 0.829 bits per heavy atom. The third kappa shape index (κ3) is 8.55. The van der Waals surface area contributed by atoms with Crippen LogP contribution in [-0.2, 0) is 35.9 Å². The van der Waals surface area contributed by atoms with Crippen molar-refractivity contribution in [2.24, 2.45) is 0 Å². The Morgan fingerprint density at radius 2 is 1.46 bits per heavy atom. The summed E-state index contributed by atoms with van der Waals surface area (Å²) < 4.78 is 77.5. The predicted octanol–water partition coefficient (Wildman–Crippen LogP) is 6.97. The number of hydrogen-bond donors (Lipinski definition) is 0. The van der Waals surface area contributed by atoms with Gasteiger partial charge in [0.05, 0.1) is 16.2 Å². The summed E-state index contributed by atoms with van der Waals surface area (Å²) in [5.74, 6) is 0. The van der Waals surface area contributed by atoms with Crippen molar-refractivity contribution in [2.75, 3.05) is 0 Å². The molecule has 2 heterocycles. The second kappa shape index (κ2) is 13.1. The van der Waals surface area contributed by atoms with E-state index in [1.807, 2.05) is 18.2 Å². The van der Waals surface area contributed by atoms with E-state index in [9.17, 15) is 24.8 Å². The molecule has 4 rings (SSSR count). The minimum absolute atomic E-state index is 0.0996. The maximum atomic E-state index is 13.1. The van der Waals surface area contributed by atoms with Crippen LogP contribution < -0.4 is 0 Å². The van der Waals surface area contributed by atoms with Gasteiger partial charge in [0.2, 0.25) is 0 Å². The first-order chi connectivity index (χ1) is 16.7. The number of nitrogens with zero attached hydrogens (tertiary/aromatic N) is 3. The predicted molar refractivity (Wildman–Crippen MR) is 121 cm³/mol. The molecule has 0 fully saturated rings. The average molecular weight is 596 g/mol. The number of benzene rings is 2. The van der Waals surface area contributed by atoms with Gasteiger partial charge in [0, 0.05) is 18.6 Å². The van der Waals surface area contributed by atoms with Gasteiger partial charge in [-0.1, -0.05) is 42.0 Å². The molecular weight excluding hydrogens is 577 g/mol. The van der Waals surface area contributed by atoms with Gasteiger partial charge in [-0.3, -0.25) is 9.97 Å². The number of sulfonamides is 1. The van der Waals surface area contributed by atoms with Crippen LogP contribution in [0.2, 0.25) is 0 Å². The van der Waals surface area contributed by atoms with E-state index >= 15 is 0 Å². The molecule has 0 aliphatic carbocycles. The second-order valence-corrected chi connectivity index (χ2v) is 8.45. The van der Waals surface area contributed by atoms with E-state index in [4.69, 9.17) is 0 Å². The van der Waals surface area contributed by atoms with Gasteiger partial charge < -0.3 is 4.72 Å². The van der Waals surface area contributed by atoms with Gasteiger partial charge in [-0.15, -0.1) is 5.69 Å². The fraction of sp³-hybridized carbons (Fsp3) is 0.0833. The van der Waals surface area contributed by atoms with E-state index in [2.05, 4.69) is 14.7 Å². The smallest absolute Gasteiger partial charge is 0.0267 e. The summed E-state index contributed by atoms with van der Waals surface area (Å²) >= 11 is 1.25. The van der Waals surface area contributed by atoms with Crippen LogP contribution in [0, 0.1) is 6.92 Å². The molecule has 0 aliphatic rings. The minimum Gasteiger partial charge on any atom is -0.265 e. The van der Waals surface area contributed by atoms with Crippen molar-refractivity contribution < 1.29 is 44.5 Å². The molecule has 186 valence electrons. The van der Waals surface area contributed by atoms with Crippen molar-refractivity contribution in [3.05, 3.63) is 113 Å². The number of hydrogen-bond acceptors (Lipinski definition) is 4. The first kappa shape index (κ1) is 28.1. The van der Waals surface area contributed by atoms with Crippen molar-refractivity contribution in [2.45, 2.75) is 18.0 Å². The van der Waals surface area contributed by atoms with E-state index in [1.165, 1.54) is 44.1 Å². The van der Waals surface area contributed by atoms with Crippen molar-refractivity contribution in [3.8, 4) is 11.3 Å². The van der Waals surface area contributed by atoms with Gasteiger partial charge in [-0.05, 0) is 55.0 Å². The maximum Gasteiger partial charge on any atom is 0.0267 e. The number of alkyl halides is 3. The Hall–Kier alpha value is -3.13. The van der Waals surface area contributed by atoms with Gasteiger partial charge in [-0.25, -0.2) is 8.42 Å². The zero-order valence-corrected chi connectivity index (χ0v) is 20.5. The summed E-state index contributed by atoms with van der Waals surface area (Å²) in [6, 6.07) is 19.3. The molecule has 11 heteroatoms. The standard InChI is InChI=1S/C19H14F3N2O2S.C5H5N.FH.Pd/c1-13-5-8-15(9-6-13)27(25,26)24-18-12-14(19(20,21)22)7-10-16(18)17-4-2-3-11-23-17;1-2-4-6-5-3-1;;/h2-12H,1H3;1-5H;1H;/q-1;;;+2/p-1. The molecule has 0 saturated heterocycles. The number of aromatic nitrogens is 2. The number of pyridine rings is 2. The fourth-order valence-electron chi connectivity index (χ4n) is 2.73. The number of aryl methyl sites for hydroxylation is 1. The molecule has 0 amide bonds. The van der Waals surface area contributed by atoms with E-state index in [0.29, 0.717) is 5.69 Å². The molecular formula is C24H19F4N3O2PdS. The molecule has 2 aromatic heterocycles. The minimum atomic E-state index is -4.62. The molecule has 0 N–H and O–H groups in total. The maximum absolute atomic E-state index is 13.1. The normalized spacial score (nSPS) is 10.8. The Labute approximate surface area is 212 Å². The fourth-order valence-corrected chi connectivity index (χ4v) is 3.72. The third-order valence-corrected chi connectivity index (χ3v) is 5.67. The van der Waals surface area contributed by atoms with Crippen molar-refractivity contribution in [1.29, 1.82) is 0 Å². The van der Waals surface area contributed by atoms with Crippen LogP contribution in [0.15, 0.2) is 102 Å². The van der Waals surface area contributed by atoms with E-state index in [-0.39, 0.29) is 16.1 Å². The van der Waals surface area contributed by atoms with Crippen LogP contribution in [0.5, 0.6) is 0 Å². The molecule has 35 heavy (non-hydrogen) atoms. The summed E-state index contributed by atoms with van der Waals surface area (Å²) in [7, 11) is -4.19. The molecule has 2 aromatic carbocycles. The molecule has 0 atom stereocenters. The van der Waals surface area contributed by atoms with Gasteiger partial charge in [0.15, 0.2) is 0 Å². The summed E-state index contributed by atoms with van der Waals surface area (Å²) in [4.78, 5) is 7.76. The van der Waals surface area contributed by atoms with E-state index in [1.54, 1.807) is 49.6 Å². The largest absolute Gasteiger partial charge is 0.265 e. The Balaban J connectivity index is 0.000000463. The number of rotatable bonds is 4. The zero-order valence-electron chi connectivity index (χ0n) is 18.1.